The van der Waals surface area contributed by atoms with Crippen molar-refractivity contribution in [2.75, 3.05) is 17.7 Å². The van der Waals surface area contributed by atoms with E-state index < -0.39 is 11.7 Å². The molecule has 0 saturated heterocycles. The molecule has 0 saturated carbocycles. The smallest absolute Gasteiger partial charge is 0.262 e. The molecule has 0 aliphatic carbocycles. The molecule has 2 aromatic rings. The highest BCUT2D eigenvalue weighted by atomic mass is 79.9. The van der Waals surface area contributed by atoms with E-state index in [1.165, 1.54) is 18.2 Å². The van der Waals surface area contributed by atoms with Crippen molar-refractivity contribution in [1.29, 1.82) is 0 Å². The van der Waals surface area contributed by atoms with Crippen molar-refractivity contribution < 1.29 is 13.9 Å². The van der Waals surface area contributed by atoms with Crippen LogP contribution in [0.5, 0.6) is 5.75 Å². The van der Waals surface area contributed by atoms with Gasteiger partial charge in [-0.3, -0.25) is 4.79 Å². The number of carbonyl (C=O) groups is 1. The van der Waals surface area contributed by atoms with E-state index in [-0.39, 0.29) is 12.3 Å². The molecule has 0 aliphatic heterocycles. The lowest BCUT2D eigenvalue weighted by molar-refractivity contribution is -0.118. The maximum Gasteiger partial charge on any atom is 0.262 e. The zero-order valence-electron chi connectivity index (χ0n) is 11.3. The van der Waals surface area contributed by atoms with Gasteiger partial charge < -0.3 is 15.8 Å². The van der Waals surface area contributed by atoms with Gasteiger partial charge >= 0.3 is 0 Å². The fourth-order valence-electron chi connectivity index (χ4n) is 1.74. The van der Waals surface area contributed by atoms with Crippen molar-refractivity contribution >= 4 is 33.2 Å². The summed E-state index contributed by atoms with van der Waals surface area (Å²) in [5.74, 6) is -0.402. The third-order valence-corrected chi connectivity index (χ3v) is 3.25. The van der Waals surface area contributed by atoms with Gasteiger partial charge in [0.2, 0.25) is 0 Å². The number of anilines is 2. The number of carbonyl (C=O) groups excluding carboxylic acids is 1. The molecule has 3 N–H and O–H groups in total. The van der Waals surface area contributed by atoms with Crippen LogP contribution in [0, 0.1) is 12.7 Å². The van der Waals surface area contributed by atoms with Gasteiger partial charge in [-0.2, -0.15) is 0 Å². The number of rotatable bonds is 4. The first-order valence-corrected chi connectivity index (χ1v) is 6.99. The summed E-state index contributed by atoms with van der Waals surface area (Å²) in [6, 6.07) is 9.44. The summed E-state index contributed by atoms with van der Waals surface area (Å²) in [4.78, 5) is 11.8. The average Bonchev–Trinajstić information content (AvgIpc) is 2.42. The van der Waals surface area contributed by atoms with Gasteiger partial charge in [0.1, 0.15) is 11.6 Å². The molecule has 0 atom stereocenters. The van der Waals surface area contributed by atoms with Crippen LogP contribution in [-0.2, 0) is 4.79 Å². The molecule has 0 radical (unpaired) electrons. The number of amides is 1. The van der Waals surface area contributed by atoms with Crippen molar-refractivity contribution in [3.63, 3.8) is 0 Å². The molecule has 2 aromatic carbocycles. The third kappa shape index (κ3) is 4.19. The van der Waals surface area contributed by atoms with Crippen LogP contribution in [0.3, 0.4) is 0 Å². The van der Waals surface area contributed by atoms with Gasteiger partial charge in [-0.1, -0.05) is 15.9 Å². The summed E-state index contributed by atoms with van der Waals surface area (Å²) in [5.41, 5.74) is 6.85. The Balaban J connectivity index is 1.97. The summed E-state index contributed by atoms with van der Waals surface area (Å²) in [6.45, 7) is 1.66. The van der Waals surface area contributed by atoms with Gasteiger partial charge in [-0.15, -0.1) is 0 Å². The minimum atomic E-state index is -0.544. The maximum absolute atomic E-state index is 13.5. The number of aryl methyl sites for hydroxylation is 1. The first kappa shape index (κ1) is 15.3. The lowest BCUT2D eigenvalue weighted by Crippen LogP contribution is -2.21. The largest absolute Gasteiger partial charge is 0.483 e. The summed E-state index contributed by atoms with van der Waals surface area (Å²) in [7, 11) is 0. The van der Waals surface area contributed by atoms with E-state index in [4.69, 9.17) is 10.5 Å². The van der Waals surface area contributed by atoms with Crippen LogP contribution in [0.15, 0.2) is 40.9 Å². The highest BCUT2D eigenvalue weighted by Crippen LogP contribution is 2.22. The van der Waals surface area contributed by atoms with Gasteiger partial charge in [-0.25, -0.2) is 4.39 Å². The van der Waals surface area contributed by atoms with Crippen molar-refractivity contribution in [3.8, 4) is 5.75 Å². The normalized spacial score (nSPS) is 10.2. The van der Waals surface area contributed by atoms with Gasteiger partial charge in [0.05, 0.1) is 5.69 Å². The van der Waals surface area contributed by atoms with Gasteiger partial charge in [-0.05, 0) is 48.9 Å². The predicted octanol–water partition coefficient (Wildman–Crippen LogP) is 3.50. The molecule has 21 heavy (non-hydrogen) atoms. The molecule has 0 fully saturated rings. The van der Waals surface area contributed by atoms with Crippen LogP contribution < -0.4 is 15.8 Å². The average molecular weight is 353 g/mol. The second-order valence-electron chi connectivity index (χ2n) is 4.49. The predicted molar refractivity (Wildman–Crippen MR) is 83.8 cm³/mol. The van der Waals surface area contributed by atoms with Crippen molar-refractivity contribution in [2.24, 2.45) is 0 Å². The van der Waals surface area contributed by atoms with E-state index in [1.54, 1.807) is 6.07 Å². The Labute approximate surface area is 130 Å². The van der Waals surface area contributed by atoms with E-state index >= 15 is 0 Å². The van der Waals surface area contributed by atoms with Crippen LogP contribution in [0.4, 0.5) is 15.8 Å². The van der Waals surface area contributed by atoms with Crippen LogP contribution in [0.25, 0.3) is 0 Å². The minimum Gasteiger partial charge on any atom is -0.483 e. The maximum atomic E-state index is 13.5. The van der Waals surface area contributed by atoms with E-state index in [0.29, 0.717) is 11.4 Å². The van der Waals surface area contributed by atoms with Crippen LogP contribution in [0.1, 0.15) is 5.56 Å². The summed E-state index contributed by atoms with van der Waals surface area (Å²) < 4.78 is 19.8. The highest BCUT2D eigenvalue weighted by molar-refractivity contribution is 9.10. The monoisotopic (exact) mass is 352 g/mol. The number of hydrogen-bond donors (Lipinski definition) is 2. The van der Waals surface area contributed by atoms with Crippen LogP contribution in [0.2, 0.25) is 0 Å². The number of benzene rings is 2. The van der Waals surface area contributed by atoms with E-state index in [2.05, 4.69) is 21.2 Å². The molecule has 0 heterocycles. The first-order valence-electron chi connectivity index (χ1n) is 6.19. The quantitative estimate of drug-likeness (QED) is 0.827. The molecule has 0 spiro atoms. The third-order valence-electron chi connectivity index (χ3n) is 2.76. The molecular weight excluding hydrogens is 339 g/mol. The Hall–Kier alpha value is -2.08. The molecule has 1 amide bonds. The number of hydrogen-bond acceptors (Lipinski definition) is 3. The summed E-state index contributed by atoms with van der Waals surface area (Å²) >= 11 is 3.35. The van der Waals surface area contributed by atoms with Gasteiger partial charge in [0.25, 0.3) is 5.91 Å². The molecule has 0 unspecified atom stereocenters. The van der Waals surface area contributed by atoms with E-state index in [0.717, 1.165) is 10.0 Å². The molecule has 110 valence electrons. The Morgan fingerprint density at radius 2 is 2.10 bits per heavy atom. The SMILES string of the molecule is Cc1cc(Br)ccc1OCC(=O)Nc1cc(N)ccc1F. The number of halogens is 2. The second kappa shape index (κ2) is 6.58. The Bertz CT molecular complexity index is 677. The fraction of sp³-hybridized carbons (Fsp3) is 0.133. The molecule has 4 nitrogen and oxygen atoms in total. The Kier molecular flexibility index (Phi) is 4.80. The number of nitrogens with one attached hydrogen (secondary N) is 1. The molecule has 0 aliphatic rings. The Morgan fingerprint density at radius 1 is 1.33 bits per heavy atom. The van der Waals surface area contributed by atoms with Crippen LogP contribution >= 0.6 is 15.9 Å². The topological polar surface area (TPSA) is 64.3 Å². The zero-order valence-corrected chi connectivity index (χ0v) is 12.9. The molecule has 0 aromatic heterocycles. The zero-order chi connectivity index (χ0) is 15.4. The Morgan fingerprint density at radius 3 is 2.81 bits per heavy atom. The second-order valence-corrected chi connectivity index (χ2v) is 5.40. The molecule has 0 bridgehead atoms. The molecule has 6 heteroatoms. The molecular formula is C15H14BrFN2O2. The van der Waals surface area contributed by atoms with Crippen LogP contribution in [-0.4, -0.2) is 12.5 Å². The van der Waals surface area contributed by atoms with Gasteiger partial charge in [0.15, 0.2) is 6.61 Å². The number of nitrogen functional groups attached to an aromatic ring is 1. The summed E-state index contributed by atoms with van der Waals surface area (Å²) in [6.07, 6.45) is 0. The summed E-state index contributed by atoms with van der Waals surface area (Å²) in [5, 5.41) is 2.42. The van der Waals surface area contributed by atoms with E-state index in [1.807, 2.05) is 19.1 Å². The standard InChI is InChI=1S/C15H14BrFN2O2/c1-9-6-10(16)2-5-14(9)21-8-15(20)19-13-7-11(18)3-4-12(13)17/h2-7H,8,18H2,1H3,(H,19,20). The van der Waals surface area contributed by atoms with E-state index in [9.17, 15) is 9.18 Å². The number of ether oxygens (including phenoxy) is 1. The minimum absolute atomic E-state index is 0.0381. The molecule has 2 rings (SSSR count). The van der Waals surface area contributed by atoms with Crippen molar-refractivity contribution in [2.45, 2.75) is 6.92 Å². The highest BCUT2D eigenvalue weighted by Gasteiger charge is 2.09. The lowest BCUT2D eigenvalue weighted by Gasteiger charge is -2.10. The first-order chi connectivity index (χ1) is 9.95. The van der Waals surface area contributed by atoms with Crippen molar-refractivity contribution in [1.82, 2.24) is 0 Å². The lowest BCUT2D eigenvalue weighted by atomic mass is 10.2. The fourth-order valence-corrected chi connectivity index (χ4v) is 2.22. The number of nitrogens with two attached hydrogens (primary N) is 1. The van der Waals surface area contributed by atoms with Crippen molar-refractivity contribution in [3.05, 3.63) is 52.3 Å². The van der Waals surface area contributed by atoms with Gasteiger partial charge in [0, 0.05) is 10.2 Å².